The van der Waals surface area contributed by atoms with Gasteiger partial charge in [0.25, 0.3) is 0 Å². The second-order valence-corrected chi connectivity index (χ2v) is 7.15. The van der Waals surface area contributed by atoms with Crippen molar-refractivity contribution in [1.82, 2.24) is 4.98 Å². The van der Waals surface area contributed by atoms with Crippen molar-refractivity contribution in [3.05, 3.63) is 34.4 Å². The van der Waals surface area contributed by atoms with E-state index >= 15 is 0 Å². The first-order chi connectivity index (χ1) is 9.69. The highest BCUT2D eigenvalue weighted by Crippen LogP contribution is 2.36. The Morgan fingerprint density at radius 2 is 1.62 bits per heavy atom. The monoisotopic (exact) mass is 323 g/mol. The largest absolute Gasteiger partial charge is 0.496 e. The van der Waals surface area contributed by atoms with Crippen molar-refractivity contribution in [2.24, 2.45) is 0 Å². The first-order valence-corrected chi connectivity index (χ1v) is 7.55. The highest BCUT2D eigenvalue weighted by atomic mass is 35.5. The quantitative estimate of drug-likeness (QED) is 0.747. The number of hydrogen-bond donors (Lipinski definition) is 0. The standard InChI is InChI=1S/C15H16BCl2NO2/c1-14(2)15(3,4)21-16(20-14)9-5-11-12(18)6-10(17)7-13(11)19-8-9/h5-8H,1-4H3. The van der Waals surface area contributed by atoms with Crippen LogP contribution in [0.15, 0.2) is 24.4 Å². The molecule has 0 spiro atoms. The minimum Gasteiger partial charge on any atom is -0.399 e. The molecule has 21 heavy (non-hydrogen) atoms. The topological polar surface area (TPSA) is 31.4 Å². The fourth-order valence-corrected chi connectivity index (χ4v) is 2.81. The molecule has 0 aliphatic carbocycles. The molecule has 6 heteroatoms. The summed E-state index contributed by atoms with van der Waals surface area (Å²) in [7, 11) is -0.446. The van der Waals surface area contributed by atoms with Gasteiger partial charge in [0, 0.05) is 22.1 Å². The number of halogens is 2. The van der Waals surface area contributed by atoms with E-state index in [9.17, 15) is 0 Å². The SMILES string of the molecule is CC1(C)OB(c2cnc3cc(Cl)cc(Cl)c3c2)OC1(C)C. The van der Waals surface area contributed by atoms with Gasteiger partial charge in [0.2, 0.25) is 0 Å². The first kappa shape index (κ1) is 15.1. The number of aromatic nitrogens is 1. The Morgan fingerprint density at radius 1 is 1.00 bits per heavy atom. The molecule has 2 aromatic rings. The Kier molecular flexibility index (Phi) is 3.49. The van der Waals surface area contributed by atoms with Crippen LogP contribution in [-0.4, -0.2) is 23.3 Å². The van der Waals surface area contributed by atoms with Crippen LogP contribution in [0.25, 0.3) is 10.9 Å². The number of benzene rings is 1. The van der Waals surface area contributed by atoms with Crippen molar-refractivity contribution in [2.75, 3.05) is 0 Å². The van der Waals surface area contributed by atoms with Crippen LogP contribution in [0.2, 0.25) is 10.0 Å². The van der Waals surface area contributed by atoms with Crippen molar-refractivity contribution >= 4 is 46.7 Å². The lowest BCUT2D eigenvalue weighted by molar-refractivity contribution is 0.00578. The molecule has 0 bridgehead atoms. The van der Waals surface area contributed by atoms with Crippen molar-refractivity contribution in [3.63, 3.8) is 0 Å². The van der Waals surface area contributed by atoms with E-state index in [1.165, 1.54) is 0 Å². The molecule has 110 valence electrons. The Morgan fingerprint density at radius 3 is 2.24 bits per heavy atom. The van der Waals surface area contributed by atoms with Crippen molar-refractivity contribution in [1.29, 1.82) is 0 Å². The van der Waals surface area contributed by atoms with E-state index in [0.717, 1.165) is 16.4 Å². The molecule has 0 saturated carbocycles. The smallest absolute Gasteiger partial charge is 0.399 e. The lowest BCUT2D eigenvalue weighted by atomic mass is 9.80. The van der Waals surface area contributed by atoms with Gasteiger partial charge in [-0.3, -0.25) is 4.98 Å². The van der Waals surface area contributed by atoms with E-state index in [4.69, 9.17) is 32.5 Å². The molecule has 2 heterocycles. The second kappa shape index (κ2) is 4.85. The highest BCUT2D eigenvalue weighted by molar-refractivity contribution is 6.62. The summed E-state index contributed by atoms with van der Waals surface area (Å²) < 4.78 is 12.1. The Bertz CT molecular complexity index is 702. The minimum absolute atomic E-state index is 0.379. The summed E-state index contributed by atoms with van der Waals surface area (Å²) >= 11 is 12.2. The molecule has 0 radical (unpaired) electrons. The summed E-state index contributed by atoms with van der Waals surface area (Å²) in [6, 6.07) is 5.45. The normalized spacial score (nSPS) is 20.2. The number of fused-ring (bicyclic) bond motifs is 1. The summed E-state index contributed by atoms with van der Waals surface area (Å²) in [5.74, 6) is 0. The molecule has 0 unspecified atom stereocenters. The van der Waals surface area contributed by atoms with Gasteiger partial charge in [-0.2, -0.15) is 0 Å². The molecule has 3 nitrogen and oxygen atoms in total. The predicted octanol–water partition coefficient (Wildman–Crippen LogP) is 3.84. The lowest BCUT2D eigenvalue weighted by Crippen LogP contribution is -2.41. The zero-order chi connectivity index (χ0) is 15.4. The van der Waals surface area contributed by atoms with Crippen molar-refractivity contribution < 1.29 is 9.31 Å². The van der Waals surface area contributed by atoms with Crippen LogP contribution in [0.3, 0.4) is 0 Å². The Labute approximate surface area is 134 Å². The van der Waals surface area contributed by atoms with Crippen molar-refractivity contribution in [3.8, 4) is 0 Å². The maximum absolute atomic E-state index is 6.25. The zero-order valence-electron chi connectivity index (χ0n) is 12.4. The molecule has 0 amide bonds. The Hall–Kier alpha value is -0.805. The lowest BCUT2D eigenvalue weighted by Gasteiger charge is -2.32. The van der Waals surface area contributed by atoms with Crippen LogP contribution >= 0.6 is 23.2 Å². The fourth-order valence-electron chi connectivity index (χ4n) is 2.28. The van der Waals surface area contributed by atoms with Gasteiger partial charge in [-0.25, -0.2) is 0 Å². The van der Waals surface area contributed by atoms with E-state index < -0.39 is 7.12 Å². The van der Waals surface area contributed by atoms with Gasteiger partial charge in [-0.15, -0.1) is 0 Å². The molecule has 1 aliphatic rings. The predicted molar refractivity (Wildman–Crippen MR) is 87.5 cm³/mol. The van der Waals surface area contributed by atoms with Crippen LogP contribution in [0, 0.1) is 0 Å². The van der Waals surface area contributed by atoms with E-state index in [-0.39, 0.29) is 11.2 Å². The molecular weight excluding hydrogens is 308 g/mol. The number of nitrogens with zero attached hydrogens (tertiary/aromatic N) is 1. The number of rotatable bonds is 1. The van der Waals surface area contributed by atoms with Gasteiger partial charge in [-0.05, 0) is 45.9 Å². The van der Waals surface area contributed by atoms with Gasteiger partial charge in [0.05, 0.1) is 21.7 Å². The van der Waals surface area contributed by atoms with Gasteiger partial charge < -0.3 is 9.31 Å². The summed E-state index contributed by atoms with van der Waals surface area (Å²) in [5, 5.41) is 1.99. The van der Waals surface area contributed by atoms with E-state index in [2.05, 4.69) is 4.98 Å². The van der Waals surface area contributed by atoms with Crippen LogP contribution in [-0.2, 0) is 9.31 Å². The Balaban J connectivity index is 2.03. The fraction of sp³-hybridized carbons (Fsp3) is 0.400. The maximum atomic E-state index is 6.25. The van der Waals surface area contributed by atoms with Crippen LogP contribution in [0.5, 0.6) is 0 Å². The van der Waals surface area contributed by atoms with Crippen LogP contribution in [0.4, 0.5) is 0 Å². The molecule has 1 fully saturated rings. The van der Waals surface area contributed by atoms with Gasteiger partial charge in [0.15, 0.2) is 0 Å². The average molecular weight is 324 g/mol. The average Bonchev–Trinajstić information content (AvgIpc) is 2.58. The molecule has 1 aromatic heterocycles. The van der Waals surface area contributed by atoms with E-state index in [1.54, 1.807) is 18.3 Å². The van der Waals surface area contributed by atoms with E-state index in [0.29, 0.717) is 10.0 Å². The first-order valence-electron chi connectivity index (χ1n) is 6.80. The van der Waals surface area contributed by atoms with Gasteiger partial charge in [-0.1, -0.05) is 23.2 Å². The maximum Gasteiger partial charge on any atom is 0.496 e. The third-order valence-electron chi connectivity index (χ3n) is 4.26. The summed E-state index contributed by atoms with van der Waals surface area (Å²) in [5.41, 5.74) is 0.852. The molecule has 0 atom stereocenters. The summed E-state index contributed by atoms with van der Waals surface area (Å²) in [4.78, 5) is 4.41. The second-order valence-electron chi connectivity index (χ2n) is 6.31. The molecule has 3 rings (SSSR count). The molecule has 0 N–H and O–H groups in total. The number of pyridine rings is 1. The van der Waals surface area contributed by atoms with E-state index in [1.807, 2.05) is 33.8 Å². The van der Waals surface area contributed by atoms with Gasteiger partial charge >= 0.3 is 7.12 Å². The molecule has 1 aliphatic heterocycles. The van der Waals surface area contributed by atoms with Gasteiger partial charge in [0.1, 0.15) is 0 Å². The molecule has 1 aromatic carbocycles. The minimum atomic E-state index is -0.446. The summed E-state index contributed by atoms with van der Waals surface area (Å²) in [6.07, 6.45) is 1.75. The summed E-state index contributed by atoms with van der Waals surface area (Å²) in [6.45, 7) is 8.09. The highest BCUT2D eigenvalue weighted by Gasteiger charge is 2.51. The third kappa shape index (κ3) is 2.55. The number of hydrogen-bond acceptors (Lipinski definition) is 3. The molecule has 1 saturated heterocycles. The van der Waals surface area contributed by atoms with Crippen molar-refractivity contribution in [2.45, 2.75) is 38.9 Å². The zero-order valence-corrected chi connectivity index (χ0v) is 13.9. The molecular formula is C15H16BCl2NO2. The van der Waals surface area contributed by atoms with Crippen LogP contribution in [0.1, 0.15) is 27.7 Å². The van der Waals surface area contributed by atoms with Crippen LogP contribution < -0.4 is 5.46 Å². The third-order valence-corrected chi connectivity index (χ3v) is 4.79.